The molecule has 1 amide bonds. The number of hydrogen-bond acceptors (Lipinski definition) is 11. The van der Waals surface area contributed by atoms with Gasteiger partial charge >= 0.3 is 23.9 Å². The quantitative estimate of drug-likeness (QED) is 0.0187. The second kappa shape index (κ2) is 43.1. The highest BCUT2D eigenvalue weighted by Gasteiger charge is 2.30. The number of rotatable bonds is 37. The molecule has 3 aromatic rings. The summed E-state index contributed by atoms with van der Waals surface area (Å²) in [6, 6.07) is 4.70. The zero-order chi connectivity index (χ0) is 50.7. The molecule has 0 bridgehead atoms. The number of cyclic esters (lactones) is 2. The largest absolute Gasteiger partial charge is 0.478 e. The van der Waals surface area contributed by atoms with Gasteiger partial charge in [-0.2, -0.15) is 0 Å². The number of esters is 2. The molecule has 4 rings (SSSR count). The number of hydrogen-bond donors (Lipinski definition) is 4. The van der Waals surface area contributed by atoms with Gasteiger partial charge in [0.2, 0.25) is 0 Å². The number of nitrogens with two attached hydrogens (primary N) is 1. The number of nitrogens with one attached hydrogen (secondary N) is 1. The Morgan fingerprint density at radius 3 is 1.33 bits per heavy atom. The number of fused-ring (bicyclic) bond motifs is 1. The number of ether oxygens (including phenoxy) is 1. The molecule has 1 aliphatic rings. The highest BCUT2D eigenvalue weighted by molar-refractivity contribution is 7.13. The Morgan fingerprint density at radius 2 is 0.899 bits per heavy atom. The van der Waals surface area contributed by atoms with E-state index in [1.165, 1.54) is 202 Å². The van der Waals surface area contributed by atoms with E-state index in [4.69, 9.17) is 15.9 Å². The van der Waals surface area contributed by atoms with Gasteiger partial charge in [0.15, 0.2) is 5.78 Å². The van der Waals surface area contributed by atoms with Crippen molar-refractivity contribution < 1.29 is 43.7 Å². The molecule has 4 heterocycles. The number of aromatic carboxylic acids is 2. The molecule has 11 nitrogen and oxygen atoms in total. The summed E-state index contributed by atoms with van der Waals surface area (Å²) in [5, 5.41) is 25.8. The molecule has 0 spiro atoms. The molecule has 3 aromatic heterocycles. The number of carboxylic acid groups (broad SMARTS) is 2. The van der Waals surface area contributed by atoms with Gasteiger partial charge in [-0.25, -0.2) is 19.2 Å². The highest BCUT2D eigenvalue weighted by Crippen LogP contribution is 2.25. The first-order valence-electron chi connectivity index (χ1n) is 26.5. The predicted molar refractivity (Wildman–Crippen MR) is 287 cm³/mol. The molecule has 0 atom stereocenters. The van der Waals surface area contributed by atoms with E-state index in [1.54, 1.807) is 28.3 Å². The van der Waals surface area contributed by atoms with Gasteiger partial charge in [-0.05, 0) is 60.1 Å². The Bertz CT molecular complexity index is 1690. The maximum absolute atomic E-state index is 12.0. The van der Waals surface area contributed by atoms with E-state index in [9.17, 15) is 28.8 Å². The first-order valence-corrected chi connectivity index (χ1v) is 29.1. The SMILES string of the molecule is CCCCCCCCCCCCCC(=O)c1ccsc1C(=O)O.CCCCCCCCCCCCN.CCCCCCCCCCCCNC(=O)c1sccc1C(=O)O.O=C1OC(=O)c2sccc21. The Kier molecular flexibility index (Phi) is 39.5. The lowest BCUT2D eigenvalue weighted by Gasteiger charge is -2.05. The van der Waals surface area contributed by atoms with Crippen molar-refractivity contribution in [1.29, 1.82) is 0 Å². The molecule has 1 aliphatic heterocycles. The van der Waals surface area contributed by atoms with Crippen LogP contribution in [0.15, 0.2) is 34.3 Å². The lowest BCUT2D eigenvalue weighted by Crippen LogP contribution is -2.25. The molecule has 390 valence electrons. The van der Waals surface area contributed by atoms with Crippen molar-refractivity contribution in [3.63, 3.8) is 0 Å². The predicted octanol–water partition coefficient (Wildman–Crippen LogP) is 16.4. The minimum atomic E-state index is -1.05. The van der Waals surface area contributed by atoms with Crippen LogP contribution in [0.3, 0.4) is 0 Å². The van der Waals surface area contributed by atoms with Gasteiger partial charge in [-0.1, -0.05) is 201 Å². The molecule has 0 saturated heterocycles. The van der Waals surface area contributed by atoms with Crippen molar-refractivity contribution in [1.82, 2.24) is 5.32 Å². The van der Waals surface area contributed by atoms with Gasteiger partial charge in [0.25, 0.3) is 5.91 Å². The van der Waals surface area contributed by atoms with Crippen molar-refractivity contribution in [2.45, 2.75) is 226 Å². The molecular formula is C55H88N2O9S3. The van der Waals surface area contributed by atoms with Crippen LogP contribution in [-0.4, -0.2) is 58.9 Å². The summed E-state index contributed by atoms with van der Waals surface area (Å²) in [6.07, 6.45) is 40.7. The molecule has 0 aliphatic carbocycles. The van der Waals surface area contributed by atoms with Crippen LogP contribution in [0.2, 0.25) is 0 Å². The molecule has 0 aromatic carbocycles. The van der Waals surface area contributed by atoms with Crippen LogP contribution in [0.25, 0.3) is 0 Å². The lowest BCUT2D eigenvalue weighted by atomic mass is 10.0. The number of ketones is 1. The Morgan fingerprint density at radius 1 is 0.493 bits per heavy atom. The van der Waals surface area contributed by atoms with Crippen molar-refractivity contribution in [3.8, 4) is 0 Å². The summed E-state index contributed by atoms with van der Waals surface area (Å²) in [5.41, 5.74) is 6.30. The van der Waals surface area contributed by atoms with Crippen LogP contribution in [0.5, 0.6) is 0 Å². The number of amides is 1. The number of carboxylic acids is 2. The molecule has 0 unspecified atom stereocenters. The van der Waals surface area contributed by atoms with Crippen molar-refractivity contribution in [3.05, 3.63) is 65.7 Å². The third-order valence-electron chi connectivity index (χ3n) is 11.9. The fourth-order valence-corrected chi connectivity index (χ4v) is 10.1. The Hall–Kier alpha value is -3.72. The maximum Gasteiger partial charge on any atom is 0.357 e. The second-order valence-corrected chi connectivity index (χ2v) is 20.6. The summed E-state index contributed by atoms with van der Waals surface area (Å²) in [7, 11) is 0. The first-order chi connectivity index (χ1) is 33.5. The summed E-state index contributed by atoms with van der Waals surface area (Å²) in [4.78, 5) is 68.2. The van der Waals surface area contributed by atoms with Gasteiger partial charge in [0.05, 0.1) is 11.1 Å². The van der Waals surface area contributed by atoms with Gasteiger partial charge in [0, 0.05) is 18.5 Å². The van der Waals surface area contributed by atoms with Crippen molar-refractivity contribution in [2.24, 2.45) is 5.73 Å². The monoisotopic (exact) mass is 1020 g/mol. The smallest absolute Gasteiger partial charge is 0.357 e. The average molecular weight is 1020 g/mol. The van der Waals surface area contributed by atoms with Crippen LogP contribution in [0.4, 0.5) is 0 Å². The average Bonchev–Trinajstić information content (AvgIpc) is 4.18. The van der Waals surface area contributed by atoms with Crippen molar-refractivity contribution in [2.75, 3.05) is 13.1 Å². The van der Waals surface area contributed by atoms with Crippen molar-refractivity contribution >= 4 is 69.6 Å². The van der Waals surface area contributed by atoms with Gasteiger partial charge < -0.3 is 26.0 Å². The fraction of sp³-hybridized carbons (Fsp3) is 0.673. The van der Waals surface area contributed by atoms with Gasteiger partial charge in [-0.15, -0.1) is 34.0 Å². The van der Waals surface area contributed by atoms with Crippen LogP contribution in [0, 0.1) is 0 Å². The third-order valence-corrected chi connectivity index (χ3v) is 14.6. The van der Waals surface area contributed by atoms with Crippen LogP contribution < -0.4 is 11.1 Å². The number of thiophene rings is 3. The summed E-state index contributed by atoms with van der Waals surface area (Å²) in [6.45, 7) is 8.24. The maximum atomic E-state index is 12.0. The zero-order valence-electron chi connectivity index (χ0n) is 42.6. The van der Waals surface area contributed by atoms with Crippen LogP contribution in [0.1, 0.15) is 286 Å². The van der Waals surface area contributed by atoms with Crippen LogP contribution in [-0.2, 0) is 4.74 Å². The summed E-state index contributed by atoms with van der Waals surface area (Å²) >= 11 is 3.53. The minimum absolute atomic E-state index is 0.0282. The molecule has 0 radical (unpaired) electrons. The summed E-state index contributed by atoms with van der Waals surface area (Å²) < 4.78 is 4.30. The Labute approximate surface area is 427 Å². The number of unbranched alkanes of at least 4 members (excludes halogenated alkanes) is 28. The van der Waals surface area contributed by atoms with E-state index in [1.807, 2.05) is 0 Å². The highest BCUT2D eigenvalue weighted by atomic mass is 32.1. The third kappa shape index (κ3) is 30.6. The van der Waals surface area contributed by atoms with Gasteiger partial charge in [0.1, 0.15) is 14.6 Å². The minimum Gasteiger partial charge on any atom is -0.478 e. The number of carbonyl (C=O) groups is 6. The molecule has 14 heteroatoms. The second-order valence-electron chi connectivity index (χ2n) is 17.9. The Balaban J connectivity index is 0.000000483. The normalized spacial score (nSPS) is 11.4. The topological polar surface area (TPSA) is 190 Å². The van der Waals surface area contributed by atoms with E-state index in [-0.39, 0.29) is 22.1 Å². The molecule has 0 saturated carbocycles. The number of carbonyl (C=O) groups excluding carboxylic acids is 4. The van der Waals surface area contributed by atoms with E-state index >= 15 is 0 Å². The lowest BCUT2D eigenvalue weighted by molar-refractivity contribution is 0.0443. The number of Topliss-reactive ketones (excluding diaryl/α,β-unsaturated/α-hetero) is 1. The standard InChI is InChI=1S/C19H30O3S.C18H29NO3S.C12H27N.C6H2O3S/c1-2-3-4-5-6-7-8-9-10-11-12-13-17(20)16-14-15-23-18(16)19(21)22;1-2-3-4-5-6-7-8-9-10-11-13-19-17(20)16-15(18(21)22)12-14-23-16;1-2-3-4-5-6-7-8-9-10-11-12-13;7-5-3-1-2-10-4(3)6(8)9-5/h14-15H,2-13H2,1H3,(H,21,22);12,14H,2-11,13H2,1H3,(H,19,20)(H,21,22);2-13H2,1H3;1-2H. The van der Waals surface area contributed by atoms with E-state index in [2.05, 4.69) is 30.8 Å². The molecule has 69 heavy (non-hydrogen) atoms. The van der Waals surface area contributed by atoms with E-state index in [0.717, 1.165) is 43.6 Å². The molecule has 5 N–H and O–H groups in total. The molecular weight excluding hydrogens is 929 g/mol. The van der Waals surface area contributed by atoms with Gasteiger partial charge in [-0.3, -0.25) is 9.59 Å². The van der Waals surface area contributed by atoms with E-state index in [0.29, 0.717) is 33.8 Å². The summed E-state index contributed by atoms with van der Waals surface area (Å²) in [5.74, 6) is -3.39. The van der Waals surface area contributed by atoms with Crippen LogP contribution >= 0.6 is 34.0 Å². The first kappa shape index (κ1) is 63.3. The fourth-order valence-electron chi connectivity index (χ4n) is 7.77. The zero-order valence-corrected chi connectivity index (χ0v) is 45.0. The van der Waals surface area contributed by atoms with E-state index < -0.39 is 23.9 Å². The molecule has 0 fully saturated rings.